The highest BCUT2D eigenvalue weighted by molar-refractivity contribution is 9.10. The number of anilines is 1. The number of alkyl carbamates (subject to hydrolysis) is 1. The number of hydrogen-bond donors (Lipinski definition) is 2. The second-order valence-corrected chi connectivity index (χ2v) is 8.76. The van der Waals surface area contributed by atoms with Crippen LogP contribution in [0.4, 0.5) is 16.3 Å². The summed E-state index contributed by atoms with van der Waals surface area (Å²) in [4.78, 5) is 26.3. The van der Waals surface area contributed by atoms with Gasteiger partial charge in [-0.3, -0.25) is 5.32 Å². The van der Waals surface area contributed by atoms with Gasteiger partial charge in [-0.2, -0.15) is 0 Å². The summed E-state index contributed by atoms with van der Waals surface area (Å²) >= 11 is 21.1. The number of aryl methyl sites for hydroxylation is 1. The molecule has 2 N–H and O–H groups in total. The van der Waals surface area contributed by atoms with E-state index in [0.717, 1.165) is 10.7 Å². The number of imidazole rings is 1. The fourth-order valence-electron chi connectivity index (χ4n) is 2.18. The van der Waals surface area contributed by atoms with Crippen molar-refractivity contribution in [1.29, 1.82) is 0 Å². The maximum Gasteiger partial charge on any atom is 0.409 e. The van der Waals surface area contributed by atoms with Crippen molar-refractivity contribution in [1.82, 2.24) is 14.9 Å². The van der Waals surface area contributed by atoms with Gasteiger partial charge in [0.1, 0.15) is 25.5 Å². The molecule has 0 aliphatic heterocycles. The lowest BCUT2D eigenvalue weighted by Gasteiger charge is -2.27. The van der Waals surface area contributed by atoms with Crippen molar-refractivity contribution in [2.75, 3.05) is 11.9 Å². The third kappa shape index (κ3) is 6.40. The van der Waals surface area contributed by atoms with Gasteiger partial charge in [0.05, 0.1) is 0 Å². The van der Waals surface area contributed by atoms with E-state index in [1.807, 2.05) is 0 Å². The van der Waals surface area contributed by atoms with E-state index < -0.39 is 21.0 Å². The Morgan fingerprint density at radius 3 is 2.61 bits per heavy atom. The summed E-state index contributed by atoms with van der Waals surface area (Å²) in [6.07, 6.45) is -0.812. The van der Waals surface area contributed by atoms with Gasteiger partial charge in [0.15, 0.2) is 5.82 Å². The molecule has 1 aromatic heterocycles. The van der Waals surface area contributed by atoms with Crippen molar-refractivity contribution >= 4 is 68.3 Å². The van der Waals surface area contributed by atoms with Gasteiger partial charge in [-0.1, -0.05) is 50.7 Å². The zero-order chi connectivity index (χ0) is 20.9. The summed E-state index contributed by atoms with van der Waals surface area (Å²) in [6, 6.07) is 7.00. The molecule has 0 saturated carbocycles. The predicted octanol–water partition coefficient (Wildman–Crippen LogP) is 4.40. The summed E-state index contributed by atoms with van der Waals surface area (Å²) in [5.41, 5.74) is 0.601. The molecular formula is C15H15BrCl3N5O4. The second kappa shape index (κ2) is 9.64. The van der Waals surface area contributed by atoms with Gasteiger partial charge in [0.2, 0.25) is 3.79 Å². The number of rotatable bonds is 7. The van der Waals surface area contributed by atoms with E-state index in [1.165, 1.54) is 4.57 Å². The van der Waals surface area contributed by atoms with Gasteiger partial charge in [-0.15, -0.1) is 0 Å². The molecule has 0 bridgehead atoms. The number of nitrogens with one attached hydrogen (secondary N) is 2. The number of halogens is 4. The number of aromatic nitrogens is 2. The van der Waals surface area contributed by atoms with E-state index in [1.54, 1.807) is 31.2 Å². The smallest absolute Gasteiger partial charge is 0.409 e. The Hall–Kier alpha value is -1.75. The molecule has 0 unspecified atom stereocenters. The lowest BCUT2D eigenvalue weighted by atomic mass is 10.3. The lowest BCUT2D eigenvalue weighted by Crippen LogP contribution is -2.49. The molecule has 9 nitrogen and oxygen atoms in total. The Balaban J connectivity index is 1.94. The van der Waals surface area contributed by atoms with Gasteiger partial charge < -0.3 is 20.2 Å². The maximum absolute atomic E-state index is 12.1. The van der Waals surface area contributed by atoms with E-state index in [-0.39, 0.29) is 19.0 Å². The molecular weight excluding hydrogens is 500 g/mol. The van der Waals surface area contributed by atoms with Crippen LogP contribution in [0, 0.1) is 17.0 Å². The van der Waals surface area contributed by atoms with E-state index >= 15 is 0 Å². The fourth-order valence-corrected chi connectivity index (χ4v) is 2.77. The van der Waals surface area contributed by atoms with Crippen LogP contribution < -0.4 is 10.6 Å². The molecule has 0 saturated heterocycles. The highest BCUT2D eigenvalue weighted by atomic mass is 79.9. The first kappa shape index (κ1) is 22.5. The minimum Gasteiger partial charge on any atom is -0.445 e. The monoisotopic (exact) mass is 513 g/mol. The number of nitrogens with zero attached hydrogens (tertiary/aromatic N) is 3. The molecule has 0 aliphatic carbocycles. The first-order valence-electron chi connectivity index (χ1n) is 7.76. The van der Waals surface area contributed by atoms with Crippen LogP contribution in [0.1, 0.15) is 5.82 Å². The fraction of sp³-hybridized carbons (Fsp3) is 0.333. The summed E-state index contributed by atoms with van der Waals surface area (Å²) < 4.78 is 5.35. The second-order valence-electron chi connectivity index (χ2n) is 5.48. The van der Waals surface area contributed by atoms with Gasteiger partial charge in [0, 0.05) is 17.1 Å². The zero-order valence-electron chi connectivity index (χ0n) is 14.4. The van der Waals surface area contributed by atoms with Gasteiger partial charge in [-0.05, 0) is 29.2 Å². The quantitative estimate of drug-likeness (QED) is 0.245. The van der Waals surface area contributed by atoms with Crippen LogP contribution in [0.2, 0.25) is 0 Å². The Morgan fingerprint density at radius 2 is 2.04 bits per heavy atom. The highest BCUT2D eigenvalue weighted by Crippen LogP contribution is 2.31. The van der Waals surface area contributed by atoms with E-state index in [4.69, 9.17) is 39.5 Å². The minimum atomic E-state index is -1.87. The largest absolute Gasteiger partial charge is 0.445 e. The first-order valence-corrected chi connectivity index (χ1v) is 9.69. The van der Waals surface area contributed by atoms with Crippen molar-refractivity contribution in [2.24, 2.45) is 0 Å². The summed E-state index contributed by atoms with van der Waals surface area (Å²) in [7, 11) is 0. The van der Waals surface area contributed by atoms with Crippen LogP contribution in [0.5, 0.6) is 0 Å². The van der Waals surface area contributed by atoms with Crippen LogP contribution in [0.25, 0.3) is 0 Å². The van der Waals surface area contributed by atoms with Crippen molar-refractivity contribution < 1.29 is 14.5 Å². The van der Waals surface area contributed by atoms with E-state index in [0.29, 0.717) is 11.5 Å². The SMILES string of the molecule is Cc1ncc([N+](=O)[O-])n1CCOC(=O)N[C@@H](Nc1ccc(Br)cc1)C(Cl)(Cl)Cl. The Labute approximate surface area is 183 Å². The van der Waals surface area contributed by atoms with Crippen molar-refractivity contribution in [3.8, 4) is 0 Å². The van der Waals surface area contributed by atoms with Gasteiger partial charge in [-0.25, -0.2) is 14.3 Å². The van der Waals surface area contributed by atoms with Crippen molar-refractivity contribution in [2.45, 2.75) is 23.4 Å². The number of ether oxygens (including phenoxy) is 1. The van der Waals surface area contributed by atoms with Gasteiger partial charge in [0.25, 0.3) is 0 Å². The number of amides is 1. The molecule has 2 aromatic rings. The third-order valence-corrected chi connectivity index (χ3v) is 4.70. The molecule has 1 amide bonds. The molecule has 0 fully saturated rings. The molecule has 13 heteroatoms. The molecule has 2 rings (SSSR count). The standard InChI is InChI=1S/C15H15BrCl3N5O4/c1-9-20-8-12(24(26)27)23(9)6-7-28-14(25)22-13(15(17,18)19)21-11-4-2-10(16)3-5-11/h2-5,8,13,21H,6-7H2,1H3,(H,22,25)/t13-/m1/s1. The molecule has 152 valence electrons. The average molecular weight is 516 g/mol. The van der Waals surface area contributed by atoms with E-state index in [2.05, 4.69) is 31.5 Å². The summed E-state index contributed by atoms with van der Waals surface area (Å²) in [5.74, 6) is 0.226. The molecule has 28 heavy (non-hydrogen) atoms. The van der Waals surface area contributed by atoms with Crippen molar-refractivity contribution in [3.63, 3.8) is 0 Å². The number of alkyl halides is 3. The topological polar surface area (TPSA) is 111 Å². The highest BCUT2D eigenvalue weighted by Gasteiger charge is 2.34. The first-order chi connectivity index (χ1) is 13.1. The number of hydrogen-bond acceptors (Lipinski definition) is 6. The molecule has 0 radical (unpaired) electrons. The number of nitro groups is 1. The van der Waals surface area contributed by atoms with Crippen LogP contribution in [-0.4, -0.2) is 37.1 Å². The van der Waals surface area contributed by atoms with Crippen LogP contribution in [0.15, 0.2) is 34.9 Å². The molecule has 0 aliphatic rings. The number of carbonyl (C=O) groups excluding carboxylic acids is 1. The van der Waals surface area contributed by atoms with Crippen molar-refractivity contribution in [3.05, 3.63) is 50.9 Å². The normalized spacial score (nSPS) is 12.3. The predicted molar refractivity (Wildman–Crippen MR) is 110 cm³/mol. The lowest BCUT2D eigenvalue weighted by molar-refractivity contribution is -0.392. The summed E-state index contributed by atoms with van der Waals surface area (Å²) in [5, 5.41) is 16.2. The Kier molecular flexibility index (Phi) is 7.76. The van der Waals surface area contributed by atoms with Crippen LogP contribution >= 0.6 is 50.7 Å². The molecule has 1 heterocycles. The molecule has 1 aromatic carbocycles. The minimum absolute atomic E-state index is 0.0497. The Morgan fingerprint density at radius 1 is 1.39 bits per heavy atom. The molecule has 1 atom stereocenters. The number of carbonyl (C=O) groups is 1. The van der Waals surface area contributed by atoms with E-state index in [9.17, 15) is 14.9 Å². The Bertz CT molecular complexity index is 841. The number of benzene rings is 1. The molecule has 0 spiro atoms. The third-order valence-electron chi connectivity index (χ3n) is 3.51. The average Bonchev–Trinajstić information content (AvgIpc) is 2.96. The maximum atomic E-state index is 12.1. The van der Waals surface area contributed by atoms with Crippen LogP contribution in [0.3, 0.4) is 0 Å². The van der Waals surface area contributed by atoms with Crippen LogP contribution in [-0.2, 0) is 11.3 Å². The zero-order valence-corrected chi connectivity index (χ0v) is 18.2. The summed E-state index contributed by atoms with van der Waals surface area (Å²) in [6.45, 7) is 1.51. The van der Waals surface area contributed by atoms with Gasteiger partial charge >= 0.3 is 11.9 Å².